The summed E-state index contributed by atoms with van der Waals surface area (Å²) in [6, 6.07) is 6.35. The maximum atomic E-state index is 6.05. The second-order valence-corrected chi connectivity index (χ2v) is 6.58. The molecule has 2 aromatic heterocycles. The minimum Gasteiger partial charge on any atom is -0.458 e. The van der Waals surface area contributed by atoms with E-state index in [1.165, 1.54) is 32.3 Å². The van der Waals surface area contributed by atoms with Crippen LogP contribution in [0.2, 0.25) is 0 Å². The molecule has 0 N–H and O–H groups in total. The molecule has 6 nitrogen and oxygen atoms in total. The summed E-state index contributed by atoms with van der Waals surface area (Å²) < 4.78 is 11.3. The normalized spacial score (nSPS) is 25.9. The number of oxazole rings is 1. The number of piperidine rings is 3. The van der Waals surface area contributed by atoms with E-state index in [2.05, 4.69) is 19.9 Å². The summed E-state index contributed by atoms with van der Waals surface area (Å²) in [5.41, 5.74) is 3.58. The van der Waals surface area contributed by atoms with E-state index in [1.54, 1.807) is 0 Å². The third-order valence-electron chi connectivity index (χ3n) is 5.14. The lowest BCUT2D eigenvalue weighted by atomic mass is 9.86. The zero-order valence-electron chi connectivity index (χ0n) is 13.3. The quantitative estimate of drug-likeness (QED) is 0.739. The van der Waals surface area contributed by atoms with Gasteiger partial charge in [0.15, 0.2) is 12.0 Å². The number of hydrogen-bond donors (Lipinski definition) is 0. The van der Waals surface area contributed by atoms with Gasteiger partial charge in [0.25, 0.3) is 0 Å². The molecule has 2 bridgehead atoms. The summed E-state index contributed by atoms with van der Waals surface area (Å²) in [5.74, 6) is 0.646. The first kappa shape index (κ1) is 13.9. The highest BCUT2D eigenvalue weighted by molar-refractivity contribution is 5.79. The molecule has 0 aliphatic carbocycles. The molecule has 3 fully saturated rings. The van der Waals surface area contributed by atoms with Crippen molar-refractivity contribution in [2.75, 3.05) is 19.6 Å². The molecule has 3 aliphatic rings. The lowest BCUT2D eigenvalue weighted by molar-refractivity contribution is -0.0123. The lowest BCUT2D eigenvalue weighted by Crippen LogP contribution is -2.52. The van der Waals surface area contributed by atoms with Crippen molar-refractivity contribution in [2.45, 2.75) is 18.9 Å². The number of benzene rings is 1. The highest BCUT2D eigenvalue weighted by Gasteiger charge is 2.35. The molecule has 122 valence electrons. The van der Waals surface area contributed by atoms with Crippen LogP contribution in [-0.2, 0) is 0 Å². The number of hydrogen-bond acceptors (Lipinski definition) is 6. The molecule has 1 aromatic carbocycles. The van der Waals surface area contributed by atoms with Crippen LogP contribution in [0.3, 0.4) is 0 Å². The molecular weight excluding hydrogens is 304 g/mol. The van der Waals surface area contributed by atoms with Gasteiger partial charge >= 0.3 is 6.01 Å². The van der Waals surface area contributed by atoms with Crippen molar-refractivity contribution in [1.82, 2.24) is 19.9 Å². The molecule has 0 radical (unpaired) electrons. The van der Waals surface area contributed by atoms with Gasteiger partial charge in [-0.3, -0.25) is 4.90 Å². The van der Waals surface area contributed by atoms with E-state index in [0.717, 1.165) is 28.8 Å². The number of nitrogens with zero attached hydrogens (tertiary/aromatic N) is 4. The first-order valence-corrected chi connectivity index (χ1v) is 8.40. The van der Waals surface area contributed by atoms with Crippen molar-refractivity contribution >= 4 is 11.1 Å². The maximum Gasteiger partial charge on any atom is 0.316 e. The Morgan fingerprint density at radius 1 is 1.04 bits per heavy atom. The van der Waals surface area contributed by atoms with Crippen molar-refractivity contribution in [3.05, 3.63) is 37.0 Å². The molecule has 3 aromatic rings. The smallest absolute Gasteiger partial charge is 0.316 e. The van der Waals surface area contributed by atoms with Gasteiger partial charge in [-0.25, -0.2) is 15.0 Å². The minimum absolute atomic E-state index is 0.227. The molecule has 0 saturated carbocycles. The Morgan fingerprint density at radius 3 is 2.62 bits per heavy atom. The second kappa shape index (κ2) is 5.56. The molecule has 3 aliphatic heterocycles. The van der Waals surface area contributed by atoms with Crippen LogP contribution in [0.4, 0.5) is 0 Å². The van der Waals surface area contributed by atoms with Gasteiger partial charge in [0.2, 0.25) is 0 Å². The molecule has 0 amide bonds. The Kier molecular flexibility index (Phi) is 3.23. The fourth-order valence-electron chi connectivity index (χ4n) is 3.74. The third kappa shape index (κ3) is 2.43. The van der Waals surface area contributed by atoms with E-state index in [4.69, 9.17) is 9.15 Å². The highest BCUT2D eigenvalue weighted by Crippen LogP contribution is 2.30. The predicted octanol–water partition coefficient (Wildman–Crippen LogP) is 2.76. The van der Waals surface area contributed by atoms with Gasteiger partial charge in [-0.2, -0.15) is 0 Å². The average Bonchev–Trinajstić information content (AvgIpc) is 3.11. The Hall–Kier alpha value is -2.47. The van der Waals surface area contributed by atoms with Crippen LogP contribution in [0.5, 0.6) is 6.01 Å². The average molecular weight is 322 g/mol. The molecular formula is C18H18N4O2. The fraction of sp³-hybridized carbons (Fsp3) is 0.389. The molecule has 5 heterocycles. The molecule has 6 heteroatoms. The van der Waals surface area contributed by atoms with Crippen LogP contribution in [0, 0.1) is 5.92 Å². The number of rotatable bonds is 3. The summed E-state index contributed by atoms with van der Waals surface area (Å²) in [6.45, 7) is 3.41. The number of fused-ring (bicyclic) bond motifs is 4. The Bertz CT molecular complexity index is 853. The molecule has 24 heavy (non-hydrogen) atoms. The summed E-state index contributed by atoms with van der Waals surface area (Å²) in [6.07, 6.45) is 7.75. The second-order valence-electron chi connectivity index (χ2n) is 6.58. The fourth-order valence-corrected chi connectivity index (χ4v) is 3.74. The van der Waals surface area contributed by atoms with Gasteiger partial charge in [0, 0.05) is 24.5 Å². The lowest BCUT2D eigenvalue weighted by Gasteiger charge is -2.43. The van der Waals surface area contributed by atoms with E-state index < -0.39 is 0 Å². The predicted molar refractivity (Wildman–Crippen MR) is 88.6 cm³/mol. The van der Waals surface area contributed by atoms with Crippen LogP contribution in [0.1, 0.15) is 12.8 Å². The summed E-state index contributed by atoms with van der Waals surface area (Å²) >= 11 is 0. The summed E-state index contributed by atoms with van der Waals surface area (Å²) in [4.78, 5) is 15.5. The van der Waals surface area contributed by atoms with Gasteiger partial charge in [0.1, 0.15) is 11.6 Å². The SMILES string of the molecule is c1nc2cc(-c3cnc(O[C@H]4CN5CCC4CC5)nc3)ccc2o1. The van der Waals surface area contributed by atoms with Crippen LogP contribution in [0.15, 0.2) is 41.4 Å². The van der Waals surface area contributed by atoms with Gasteiger partial charge in [0.05, 0.1) is 0 Å². The van der Waals surface area contributed by atoms with Gasteiger partial charge in [-0.1, -0.05) is 6.07 Å². The van der Waals surface area contributed by atoms with Crippen LogP contribution < -0.4 is 4.74 Å². The van der Waals surface area contributed by atoms with Crippen molar-refractivity contribution in [3.8, 4) is 17.1 Å². The van der Waals surface area contributed by atoms with E-state index in [1.807, 2.05) is 30.6 Å². The van der Waals surface area contributed by atoms with E-state index in [0.29, 0.717) is 11.9 Å². The van der Waals surface area contributed by atoms with Gasteiger partial charge in [-0.15, -0.1) is 0 Å². The van der Waals surface area contributed by atoms with Crippen LogP contribution in [-0.4, -0.2) is 45.6 Å². The molecule has 6 rings (SSSR count). The first-order valence-electron chi connectivity index (χ1n) is 8.40. The standard InChI is InChI=1S/C18H18N4O2/c1-2-16-15(21-11-23-16)7-13(1)14-8-19-18(20-9-14)24-17-10-22-5-3-12(17)4-6-22/h1-2,7-9,11-12,17H,3-6,10H2/t17-/m0/s1. The van der Waals surface area contributed by atoms with Crippen LogP contribution >= 0.6 is 0 Å². The van der Waals surface area contributed by atoms with E-state index in [-0.39, 0.29) is 6.10 Å². The summed E-state index contributed by atoms with van der Waals surface area (Å²) in [5, 5.41) is 0. The Labute approximate surface area is 139 Å². The topological polar surface area (TPSA) is 64.3 Å². The highest BCUT2D eigenvalue weighted by atomic mass is 16.5. The Balaban J connectivity index is 1.35. The van der Waals surface area contributed by atoms with Crippen LogP contribution in [0.25, 0.3) is 22.2 Å². The minimum atomic E-state index is 0.227. The molecule has 1 atom stereocenters. The van der Waals surface area contributed by atoms with E-state index >= 15 is 0 Å². The van der Waals surface area contributed by atoms with Gasteiger partial charge < -0.3 is 9.15 Å². The first-order chi connectivity index (χ1) is 11.8. The van der Waals surface area contributed by atoms with E-state index in [9.17, 15) is 0 Å². The monoisotopic (exact) mass is 322 g/mol. The van der Waals surface area contributed by atoms with Crippen molar-refractivity contribution in [3.63, 3.8) is 0 Å². The molecule has 0 unspecified atom stereocenters. The maximum absolute atomic E-state index is 6.05. The van der Waals surface area contributed by atoms with Gasteiger partial charge in [-0.05, 0) is 49.5 Å². The van der Waals surface area contributed by atoms with Crippen molar-refractivity contribution < 1.29 is 9.15 Å². The molecule has 0 spiro atoms. The third-order valence-corrected chi connectivity index (χ3v) is 5.14. The number of ether oxygens (including phenoxy) is 1. The zero-order chi connectivity index (χ0) is 15.9. The van der Waals surface area contributed by atoms with Crippen molar-refractivity contribution in [2.24, 2.45) is 5.92 Å². The molecule has 3 saturated heterocycles. The Morgan fingerprint density at radius 2 is 1.88 bits per heavy atom. The summed E-state index contributed by atoms with van der Waals surface area (Å²) in [7, 11) is 0. The van der Waals surface area contributed by atoms with Crippen molar-refractivity contribution in [1.29, 1.82) is 0 Å². The largest absolute Gasteiger partial charge is 0.458 e. The number of aromatic nitrogens is 3. The zero-order valence-corrected chi connectivity index (χ0v) is 13.3.